The van der Waals surface area contributed by atoms with Crippen molar-refractivity contribution in [3.05, 3.63) is 29.6 Å². The van der Waals surface area contributed by atoms with Gasteiger partial charge in [0.15, 0.2) is 0 Å². The van der Waals surface area contributed by atoms with Crippen LogP contribution in [0.2, 0.25) is 0 Å². The summed E-state index contributed by atoms with van der Waals surface area (Å²) in [7, 11) is 0. The first kappa shape index (κ1) is 15.7. The molecule has 0 saturated carbocycles. The van der Waals surface area contributed by atoms with Crippen molar-refractivity contribution in [2.24, 2.45) is 0 Å². The molecule has 3 N–H and O–H groups in total. The Balaban J connectivity index is 2.73. The Morgan fingerprint density at radius 1 is 1.40 bits per heavy atom. The lowest BCUT2D eigenvalue weighted by atomic mass is 10.1. The van der Waals surface area contributed by atoms with E-state index >= 15 is 0 Å². The van der Waals surface area contributed by atoms with Gasteiger partial charge in [-0.1, -0.05) is 11.8 Å². The maximum atomic E-state index is 12.0. The third-order valence-electron chi connectivity index (χ3n) is 2.31. The lowest BCUT2D eigenvalue weighted by molar-refractivity contribution is -0.120. The highest BCUT2D eigenvalue weighted by atomic mass is 16.2. The molecule has 0 unspecified atom stereocenters. The van der Waals surface area contributed by atoms with Gasteiger partial charge in [0, 0.05) is 25.4 Å². The highest BCUT2D eigenvalue weighted by Gasteiger charge is 2.11. The first-order valence-corrected chi connectivity index (χ1v) is 6.27. The van der Waals surface area contributed by atoms with Crippen LogP contribution in [0.15, 0.2) is 18.5 Å². The number of likely N-dealkylation sites (N-methyl/N-ethyl adjacent to an activating group) is 1. The highest BCUT2D eigenvalue weighted by molar-refractivity contribution is 5.98. The summed E-state index contributed by atoms with van der Waals surface area (Å²) >= 11 is 0. The first-order chi connectivity index (χ1) is 9.69. The number of aliphatic hydroxyl groups excluding tert-OH is 1. The number of aromatic nitrogens is 1. The summed E-state index contributed by atoms with van der Waals surface area (Å²) < 4.78 is 0. The molecule has 0 aromatic carbocycles. The minimum absolute atomic E-state index is 0.0357. The highest BCUT2D eigenvalue weighted by Crippen LogP contribution is 2.05. The van der Waals surface area contributed by atoms with Crippen LogP contribution in [-0.2, 0) is 4.79 Å². The van der Waals surface area contributed by atoms with Crippen LogP contribution < -0.4 is 10.6 Å². The second-order valence-corrected chi connectivity index (χ2v) is 3.83. The maximum absolute atomic E-state index is 12.0. The maximum Gasteiger partial charge on any atom is 0.253 e. The normalized spacial score (nSPS) is 9.30. The zero-order valence-corrected chi connectivity index (χ0v) is 11.3. The molecule has 0 atom stereocenters. The van der Waals surface area contributed by atoms with Gasteiger partial charge < -0.3 is 15.7 Å². The molecule has 0 bridgehead atoms. The van der Waals surface area contributed by atoms with Crippen molar-refractivity contribution in [1.82, 2.24) is 15.6 Å². The van der Waals surface area contributed by atoms with E-state index in [0.29, 0.717) is 24.1 Å². The molecule has 1 heterocycles. The first-order valence-electron chi connectivity index (χ1n) is 6.27. The van der Waals surface area contributed by atoms with Crippen molar-refractivity contribution in [1.29, 1.82) is 0 Å². The minimum atomic E-state index is -0.382. The van der Waals surface area contributed by atoms with Crippen LogP contribution in [0.5, 0.6) is 0 Å². The largest absolute Gasteiger partial charge is 0.395 e. The molecular formula is C14H17N3O3. The number of aliphatic hydroxyl groups is 1. The van der Waals surface area contributed by atoms with Gasteiger partial charge in [-0.15, -0.1) is 0 Å². The SMILES string of the molecule is CCNC(=O)CNC(=O)c1ccncc1C#CCCO. The molecule has 0 aliphatic heterocycles. The van der Waals surface area contributed by atoms with Crippen LogP contribution in [0.3, 0.4) is 0 Å². The van der Waals surface area contributed by atoms with E-state index in [-0.39, 0.29) is 25.0 Å². The summed E-state index contributed by atoms with van der Waals surface area (Å²) in [4.78, 5) is 27.2. The molecule has 0 radical (unpaired) electrons. The molecule has 0 fully saturated rings. The fourth-order valence-corrected chi connectivity index (χ4v) is 1.42. The third-order valence-corrected chi connectivity index (χ3v) is 2.31. The Bertz CT molecular complexity index is 532. The van der Waals surface area contributed by atoms with Crippen molar-refractivity contribution in [2.75, 3.05) is 19.7 Å². The van der Waals surface area contributed by atoms with Gasteiger partial charge >= 0.3 is 0 Å². The number of carbonyl (C=O) groups excluding carboxylic acids is 2. The molecule has 1 aromatic rings. The van der Waals surface area contributed by atoms with Crippen LogP contribution in [0.25, 0.3) is 0 Å². The summed E-state index contributed by atoms with van der Waals surface area (Å²) in [5.74, 6) is 4.88. The summed E-state index contributed by atoms with van der Waals surface area (Å²) in [6.07, 6.45) is 3.29. The van der Waals surface area contributed by atoms with Gasteiger partial charge in [0.25, 0.3) is 5.91 Å². The second-order valence-electron chi connectivity index (χ2n) is 3.83. The Labute approximate surface area is 117 Å². The van der Waals surface area contributed by atoms with Crippen LogP contribution in [0.1, 0.15) is 29.3 Å². The van der Waals surface area contributed by atoms with Crippen molar-refractivity contribution in [3.63, 3.8) is 0 Å². The quantitative estimate of drug-likeness (QED) is 0.642. The van der Waals surface area contributed by atoms with E-state index in [4.69, 9.17) is 5.11 Å². The molecule has 0 spiro atoms. The molecule has 6 heteroatoms. The number of nitrogens with one attached hydrogen (secondary N) is 2. The number of carbonyl (C=O) groups is 2. The number of rotatable bonds is 5. The third kappa shape index (κ3) is 5.08. The van der Waals surface area contributed by atoms with Crippen LogP contribution in [0, 0.1) is 11.8 Å². The van der Waals surface area contributed by atoms with Crippen LogP contribution >= 0.6 is 0 Å². The Morgan fingerprint density at radius 2 is 2.20 bits per heavy atom. The summed E-state index contributed by atoms with van der Waals surface area (Å²) in [6, 6.07) is 1.54. The minimum Gasteiger partial charge on any atom is -0.395 e. The van der Waals surface area contributed by atoms with Gasteiger partial charge in [-0.3, -0.25) is 14.6 Å². The van der Waals surface area contributed by atoms with Gasteiger partial charge in [0.2, 0.25) is 5.91 Å². The van der Waals surface area contributed by atoms with Crippen molar-refractivity contribution in [2.45, 2.75) is 13.3 Å². The zero-order valence-electron chi connectivity index (χ0n) is 11.3. The van der Waals surface area contributed by atoms with E-state index in [1.807, 2.05) is 0 Å². The van der Waals surface area contributed by atoms with Gasteiger partial charge in [-0.25, -0.2) is 0 Å². The van der Waals surface area contributed by atoms with Gasteiger partial charge in [-0.2, -0.15) is 0 Å². The lowest BCUT2D eigenvalue weighted by Gasteiger charge is -2.06. The number of hydrogen-bond acceptors (Lipinski definition) is 4. The fourth-order valence-electron chi connectivity index (χ4n) is 1.42. The molecule has 0 aliphatic carbocycles. The van der Waals surface area contributed by atoms with Gasteiger partial charge in [0.1, 0.15) is 0 Å². The van der Waals surface area contributed by atoms with E-state index in [1.54, 1.807) is 6.92 Å². The molecule has 0 saturated heterocycles. The average Bonchev–Trinajstić information content (AvgIpc) is 2.46. The van der Waals surface area contributed by atoms with Crippen molar-refractivity contribution in [3.8, 4) is 11.8 Å². The average molecular weight is 275 g/mol. The molecule has 20 heavy (non-hydrogen) atoms. The van der Waals surface area contributed by atoms with E-state index in [1.165, 1.54) is 18.5 Å². The molecule has 6 nitrogen and oxygen atoms in total. The number of hydrogen-bond donors (Lipinski definition) is 3. The molecule has 0 aliphatic rings. The topological polar surface area (TPSA) is 91.3 Å². The number of nitrogens with zero attached hydrogens (tertiary/aromatic N) is 1. The second kappa shape index (κ2) is 8.67. The standard InChI is InChI=1S/C14H17N3O3/c1-2-16-13(19)10-17-14(20)12-6-7-15-9-11(12)5-3-4-8-18/h6-7,9,18H,2,4,8,10H2,1H3,(H,16,19)(H,17,20). The molecule has 1 aromatic heterocycles. The number of pyridine rings is 1. The summed E-state index contributed by atoms with van der Waals surface area (Å²) in [5.41, 5.74) is 0.823. The van der Waals surface area contributed by atoms with E-state index in [0.717, 1.165) is 0 Å². The van der Waals surface area contributed by atoms with E-state index in [9.17, 15) is 9.59 Å². The molecular weight excluding hydrogens is 258 g/mol. The van der Waals surface area contributed by atoms with Crippen LogP contribution in [-0.4, -0.2) is 41.6 Å². The van der Waals surface area contributed by atoms with E-state index in [2.05, 4.69) is 27.5 Å². The van der Waals surface area contributed by atoms with Gasteiger partial charge in [-0.05, 0) is 13.0 Å². The lowest BCUT2D eigenvalue weighted by Crippen LogP contribution is -2.37. The smallest absolute Gasteiger partial charge is 0.253 e. The predicted octanol–water partition coefficient (Wildman–Crippen LogP) is -0.319. The monoisotopic (exact) mass is 275 g/mol. The van der Waals surface area contributed by atoms with Crippen molar-refractivity contribution >= 4 is 11.8 Å². The van der Waals surface area contributed by atoms with Crippen molar-refractivity contribution < 1.29 is 14.7 Å². The van der Waals surface area contributed by atoms with E-state index < -0.39 is 0 Å². The Hall–Kier alpha value is -2.39. The zero-order chi connectivity index (χ0) is 14.8. The number of amides is 2. The summed E-state index contributed by atoms with van der Waals surface area (Å²) in [5, 5.41) is 13.8. The molecule has 106 valence electrons. The Morgan fingerprint density at radius 3 is 2.90 bits per heavy atom. The van der Waals surface area contributed by atoms with Gasteiger partial charge in [0.05, 0.1) is 24.3 Å². The fraction of sp³-hybridized carbons (Fsp3) is 0.357. The molecule has 1 rings (SSSR count). The predicted molar refractivity (Wildman–Crippen MR) is 73.8 cm³/mol. The van der Waals surface area contributed by atoms with Crippen LogP contribution in [0.4, 0.5) is 0 Å². The summed E-state index contributed by atoms with van der Waals surface area (Å²) in [6.45, 7) is 2.20. The molecule has 2 amide bonds. The Kier molecular flexibility index (Phi) is 6.79.